The topological polar surface area (TPSA) is 0 Å². The summed E-state index contributed by atoms with van der Waals surface area (Å²) in [4.78, 5) is 0. The summed E-state index contributed by atoms with van der Waals surface area (Å²) in [6.07, 6.45) is 10.5. The van der Waals surface area contributed by atoms with E-state index >= 15 is 0 Å². The van der Waals surface area contributed by atoms with Crippen molar-refractivity contribution >= 4 is 23.2 Å². The summed E-state index contributed by atoms with van der Waals surface area (Å²) < 4.78 is 0. The molecule has 2 rings (SSSR count). The molecule has 1 fully saturated rings. The molecule has 0 heterocycles. The molecule has 1 aromatic rings. The summed E-state index contributed by atoms with van der Waals surface area (Å²) in [6, 6.07) is 8.05. The molecule has 0 amide bonds. The highest BCUT2D eigenvalue weighted by atomic mass is 35.5. The second-order valence-corrected chi connectivity index (χ2v) is 6.57. The fourth-order valence-corrected chi connectivity index (χ4v) is 3.43. The molecule has 1 atom stereocenters. The third-order valence-electron chi connectivity index (χ3n) is 3.96. The maximum atomic E-state index is 6.44. The molecule has 1 aromatic carbocycles. The first-order chi connectivity index (χ1) is 8.74. The van der Waals surface area contributed by atoms with Gasteiger partial charge in [-0.15, -0.1) is 11.6 Å². The average Bonchev–Trinajstić information content (AvgIpc) is 2.38. The van der Waals surface area contributed by atoms with E-state index in [4.69, 9.17) is 23.2 Å². The molecule has 0 nitrogen and oxygen atoms in total. The molecule has 0 N–H and O–H groups in total. The van der Waals surface area contributed by atoms with Gasteiger partial charge in [0, 0.05) is 10.4 Å². The van der Waals surface area contributed by atoms with Crippen LogP contribution in [0.3, 0.4) is 0 Å². The zero-order chi connectivity index (χ0) is 12.8. The van der Waals surface area contributed by atoms with E-state index in [-0.39, 0.29) is 5.38 Å². The number of hydrogen-bond donors (Lipinski definition) is 0. The highest BCUT2D eigenvalue weighted by Gasteiger charge is 2.15. The van der Waals surface area contributed by atoms with Gasteiger partial charge in [0.1, 0.15) is 0 Å². The smallest absolute Gasteiger partial charge is 0.0408 e. The van der Waals surface area contributed by atoms with Crippen molar-refractivity contribution in [3.05, 3.63) is 34.9 Å². The van der Waals surface area contributed by atoms with Crippen molar-refractivity contribution in [3.8, 4) is 0 Å². The molecular weight excluding hydrogens is 263 g/mol. The minimum Gasteiger partial charge on any atom is -0.123 e. The van der Waals surface area contributed by atoms with Gasteiger partial charge in [-0.05, 0) is 42.9 Å². The van der Waals surface area contributed by atoms with Crippen LogP contribution in [-0.2, 0) is 6.42 Å². The lowest BCUT2D eigenvalue weighted by molar-refractivity contribution is 0.330. The highest BCUT2D eigenvalue weighted by molar-refractivity contribution is 6.30. The Balaban J connectivity index is 1.72. The first kappa shape index (κ1) is 14.2. The molecule has 1 unspecified atom stereocenters. The van der Waals surface area contributed by atoms with Gasteiger partial charge in [-0.2, -0.15) is 0 Å². The van der Waals surface area contributed by atoms with Crippen molar-refractivity contribution in [2.45, 2.75) is 56.7 Å². The third-order valence-corrected chi connectivity index (χ3v) is 4.57. The molecule has 2 heteroatoms. The summed E-state index contributed by atoms with van der Waals surface area (Å²) in [6.45, 7) is 0. The van der Waals surface area contributed by atoms with Crippen molar-refractivity contribution < 1.29 is 0 Å². The molecular formula is C16H22Cl2. The van der Waals surface area contributed by atoms with E-state index < -0.39 is 0 Å². The molecule has 18 heavy (non-hydrogen) atoms. The van der Waals surface area contributed by atoms with Gasteiger partial charge >= 0.3 is 0 Å². The van der Waals surface area contributed by atoms with E-state index in [1.165, 1.54) is 44.1 Å². The van der Waals surface area contributed by atoms with Crippen LogP contribution in [0.25, 0.3) is 0 Å². The van der Waals surface area contributed by atoms with E-state index in [2.05, 4.69) is 6.07 Å². The summed E-state index contributed by atoms with van der Waals surface area (Å²) in [7, 11) is 0. The standard InChI is InChI=1S/C16H22Cl2/c17-15-8-4-7-14(11-15)12-16(18)10-9-13-5-2-1-3-6-13/h4,7-8,11,13,16H,1-3,5-6,9-10,12H2. The highest BCUT2D eigenvalue weighted by Crippen LogP contribution is 2.29. The van der Waals surface area contributed by atoms with Crippen LogP contribution in [0, 0.1) is 5.92 Å². The fourth-order valence-electron chi connectivity index (χ4n) is 2.91. The number of benzene rings is 1. The minimum atomic E-state index is 0.255. The predicted molar refractivity (Wildman–Crippen MR) is 80.6 cm³/mol. The summed E-state index contributed by atoms with van der Waals surface area (Å²) >= 11 is 12.4. The molecule has 0 spiro atoms. The Hall–Kier alpha value is -0.200. The first-order valence-corrected chi connectivity index (χ1v) is 7.94. The lowest BCUT2D eigenvalue weighted by Crippen LogP contribution is -2.10. The van der Waals surface area contributed by atoms with Gasteiger partial charge in [-0.1, -0.05) is 55.8 Å². The van der Waals surface area contributed by atoms with Crippen molar-refractivity contribution in [1.82, 2.24) is 0 Å². The normalized spacial score (nSPS) is 18.8. The molecule has 1 aliphatic rings. The molecule has 0 aromatic heterocycles. The maximum Gasteiger partial charge on any atom is 0.0408 e. The maximum absolute atomic E-state index is 6.44. The Morgan fingerprint density at radius 1 is 1.17 bits per heavy atom. The number of rotatable bonds is 5. The van der Waals surface area contributed by atoms with E-state index in [0.29, 0.717) is 0 Å². The van der Waals surface area contributed by atoms with E-state index in [9.17, 15) is 0 Å². The Labute approximate surface area is 121 Å². The zero-order valence-corrected chi connectivity index (χ0v) is 12.4. The Morgan fingerprint density at radius 2 is 1.94 bits per heavy atom. The fraction of sp³-hybridized carbons (Fsp3) is 0.625. The summed E-state index contributed by atoms with van der Waals surface area (Å²) in [5.74, 6) is 0.930. The van der Waals surface area contributed by atoms with E-state index in [1.54, 1.807) is 0 Å². The van der Waals surface area contributed by atoms with E-state index in [1.807, 2.05) is 18.2 Å². The Bertz CT molecular complexity index is 356. The SMILES string of the molecule is Clc1cccc(CC(Cl)CCC2CCCCC2)c1. The van der Waals surface area contributed by atoms with Gasteiger partial charge in [0.25, 0.3) is 0 Å². The third kappa shape index (κ3) is 4.82. The van der Waals surface area contributed by atoms with Gasteiger partial charge in [0.15, 0.2) is 0 Å². The van der Waals surface area contributed by atoms with Crippen molar-refractivity contribution in [3.63, 3.8) is 0 Å². The number of alkyl halides is 1. The molecule has 0 radical (unpaired) electrons. The van der Waals surface area contributed by atoms with Crippen molar-refractivity contribution in [1.29, 1.82) is 0 Å². The second-order valence-electron chi connectivity index (χ2n) is 5.51. The van der Waals surface area contributed by atoms with Crippen LogP contribution in [0.4, 0.5) is 0 Å². The lowest BCUT2D eigenvalue weighted by Gasteiger charge is -2.22. The molecule has 0 saturated heterocycles. The molecule has 0 bridgehead atoms. The van der Waals surface area contributed by atoms with Crippen molar-refractivity contribution in [2.24, 2.45) is 5.92 Å². The van der Waals surface area contributed by atoms with Gasteiger partial charge in [-0.3, -0.25) is 0 Å². The van der Waals surface area contributed by atoms with Crippen LogP contribution >= 0.6 is 23.2 Å². The van der Waals surface area contributed by atoms with Crippen LogP contribution < -0.4 is 0 Å². The van der Waals surface area contributed by atoms with Crippen LogP contribution in [0.15, 0.2) is 24.3 Å². The van der Waals surface area contributed by atoms with Crippen LogP contribution in [0.5, 0.6) is 0 Å². The quantitative estimate of drug-likeness (QED) is 0.595. The van der Waals surface area contributed by atoms with Gasteiger partial charge in [-0.25, -0.2) is 0 Å². The zero-order valence-electron chi connectivity index (χ0n) is 10.9. The predicted octanol–water partition coefficient (Wildman–Crippen LogP) is 5.85. The Morgan fingerprint density at radius 3 is 2.67 bits per heavy atom. The summed E-state index contributed by atoms with van der Waals surface area (Å²) in [5.41, 5.74) is 1.26. The average molecular weight is 285 g/mol. The van der Waals surface area contributed by atoms with Gasteiger partial charge < -0.3 is 0 Å². The minimum absolute atomic E-state index is 0.255. The second kappa shape index (κ2) is 7.40. The largest absolute Gasteiger partial charge is 0.123 e. The first-order valence-electron chi connectivity index (χ1n) is 7.12. The van der Waals surface area contributed by atoms with Gasteiger partial charge in [0.2, 0.25) is 0 Å². The lowest BCUT2D eigenvalue weighted by atomic mass is 9.85. The molecule has 1 saturated carbocycles. The van der Waals surface area contributed by atoms with Crippen LogP contribution in [0.1, 0.15) is 50.5 Å². The molecule has 100 valence electrons. The van der Waals surface area contributed by atoms with Crippen molar-refractivity contribution in [2.75, 3.05) is 0 Å². The van der Waals surface area contributed by atoms with Crippen LogP contribution in [-0.4, -0.2) is 5.38 Å². The Kier molecular flexibility index (Phi) is 5.85. The molecule has 0 aliphatic heterocycles. The monoisotopic (exact) mass is 284 g/mol. The number of hydrogen-bond acceptors (Lipinski definition) is 0. The van der Waals surface area contributed by atoms with Gasteiger partial charge in [0.05, 0.1) is 0 Å². The van der Waals surface area contributed by atoms with Crippen LogP contribution in [0.2, 0.25) is 5.02 Å². The summed E-state index contributed by atoms with van der Waals surface area (Å²) in [5, 5.41) is 1.06. The molecule has 1 aliphatic carbocycles. The number of halogens is 2. The van der Waals surface area contributed by atoms with E-state index in [0.717, 1.165) is 23.8 Å².